The van der Waals surface area contributed by atoms with E-state index in [4.69, 9.17) is 20.1 Å². The van der Waals surface area contributed by atoms with Crippen molar-refractivity contribution in [1.29, 1.82) is 0 Å². The monoisotopic (exact) mass is 146 g/mol. The van der Waals surface area contributed by atoms with Crippen LogP contribution in [0.25, 0.3) is 0 Å². The standard InChI is InChI=1S/C6H10O4/c7-3-5-6(9)4(8)1-2-10-5/h1-2,4-9H,3H2/t4?,5?,6-/m0/s1. The van der Waals surface area contributed by atoms with Crippen LogP contribution < -0.4 is 0 Å². The van der Waals surface area contributed by atoms with Crippen LogP contribution in [0.3, 0.4) is 0 Å². The van der Waals surface area contributed by atoms with Gasteiger partial charge < -0.3 is 20.1 Å². The van der Waals surface area contributed by atoms with Gasteiger partial charge >= 0.3 is 0 Å². The Balaban J connectivity index is 2.56. The summed E-state index contributed by atoms with van der Waals surface area (Å²) in [5, 5.41) is 26.6. The van der Waals surface area contributed by atoms with Crippen LogP contribution in [0.2, 0.25) is 0 Å². The fourth-order valence-corrected chi connectivity index (χ4v) is 0.792. The first-order chi connectivity index (χ1) is 4.75. The maximum absolute atomic E-state index is 9.05. The van der Waals surface area contributed by atoms with Gasteiger partial charge in [0.2, 0.25) is 0 Å². The SMILES string of the molecule is OCC1OC=CC(O)[C@@H]1O. The molecule has 3 atom stereocenters. The first-order valence-electron chi connectivity index (χ1n) is 3.05. The molecule has 0 spiro atoms. The van der Waals surface area contributed by atoms with E-state index in [1.165, 1.54) is 12.3 Å². The minimum atomic E-state index is -1.02. The first-order valence-corrected chi connectivity index (χ1v) is 3.05. The van der Waals surface area contributed by atoms with Crippen LogP contribution in [0.15, 0.2) is 12.3 Å². The van der Waals surface area contributed by atoms with Crippen molar-refractivity contribution >= 4 is 0 Å². The average molecular weight is 146 g/mol. The second-order valence-corrected chi connectivity index (χ2v) is 2.17. The van der Waals surface area contributed by atoms with Gasteiger partial charge in [0.15, 0.2) is 0 Å². The molecule has 2 unspecified atom stereocenters. The molecule has 3 N–H and O–H groups in total. The third-order valence-electron chi connectivity index (χ3n) is 1.44. The molecule has 4 nitrogen and oxygen atoms in total. The van der Waals surface area contributed by atoms with E-state index in [1.807, 2.05) is 0 Å². The molecule has 0 amide bonds. The zero-order chi connectivity index (χ0) is 7.56. The third-order valence-corrected chi connectivity index (χ3v) is 1.44. The van der Waals surface area contributed by atoms with Crippen molar-refractivity contribution in [2.24, 2.45) is 0 Å². The normalized spacial score (nSPS) is 39.3. The second-order valence-electron chi connectivity index (χ2n) is 2.17. The summed E-state index contributed by atoms with van der Waals surface area (Å²) in [7, 11) is 0. The number of ether oxygens (including phenoxy) is 1. The van der Waals surface area contributed by atoms with E-state index in [9.17, 15) is 0 Å². The summed E-state index contributed by atoms with van der Waals surface area (Å²) in [4.78, 5) is 0. The Morgan fingerprint density at radius 3 is 2.60 bits per heavy atom. The molecule has 0 aromatic rings. The summed E-state index contributed by atoms with van der Waals surface area (Å²) >= 11 is 0. The Morgan fingerprint density at radius 2 is 2.10 bits per heavy atom. The largest absolute Gasteiger partial charge is 0.493 e. The zero-order valence-electron chi connectivity index (χ0n) is 5.34. The molecule has 1 heterocycles. The molecular formula is C6H10O4. The van der Waals surface area contributed by atoms with Crippen LogP contribution in [0.4, 0.5) is 0 Å². The Hall–Kier alpha value is -0.580. The van der Waals surface area contributed by atoms with Crippen molar-refractivity contribution in [3.63, 3.8) is 0 Å². The van der Waals surface area contributed by atoms with Crippen molar-refractivity contribution in [1.82, 2.24) is 0 Å². The van der Waals surface area contributed by atoms with Gasteiger partial charge in [0.25, 0.3) is 0 Å². The van der Waals surface area contributed by atoms with Crippen LogP contribution >= 0.6 is 0 Å². The fraction of sp³-hybridized carbons (Fsp3) is 0.667. The Kier molecular flexibility index (Phi) is 2.26. The van der Waals surface area contributed by atoms with Gasteiger partial charge in [-0.15, -0.1) is 0 Å². The van der Waals surface area contributed by atoms with E-state index in [2.05, 4.69) is 0 Å². The molecule has 0 saturated carbocycles. The van der Waals surface area contributed by atoms with Crippen molar-refractivity contribution in [3.8, 4) is 0 Å². The number of aliphatic hydroxyl groups is 3. The van der Waals surface area contributed by atoms with Crippen LogP contribution in [0.5, 0.6) is 0 Å². The molecule has 4 heteroatoms. The van der Waals surface area contributed by atoms with E-state index in [1.54, 1.807) is 0 Å². The lowest BCUT2D eigenvalue weighted by molar-refractivity contribution is -0.0808. The van der Waals surface area contributed by atoms with Gasteiger partial charge in [-0.05, 0) is 6.08 Å². The number of rotatable bonds is 1. The topological polar surface area (TPSA) is 69.9 Å². The third kappa shape index (κ3) is 1.29. The predicted molar refractivity (Wildman–Crippen MR) is 33.1 cm³/mol. The van der Waals surface area contributed by atoms with Crippen molar-refractivity contribution in [2.45, 2.75) is 18.3 Å². The summed E-state index contributed by atoms with van der Waals surface area (Å²) in [6.45, 7) is -0.289. The van der Waals surface area contributed by atoms with E-state index >= 15 is 0 Å². The maximum Gasteiger partial charge on any atom is 0.149 e. The van der Waals surface area contributed by atoms with Crippen molar-refractivity contribution < 1.29 is 20.1 Å². The summed E-state index contributed by atoms with van der Waals surface area (Å²) in [6.07, 6.45) is -0.0318. The van der Waals surface area contributed by atoms with Gasteiger partial charge in [0, 0.05) is 0 Å². The quantitative estimate of drug-likeness (QED) is 0.426. The minimum Gasteiger partial charge on any atom is -0.493 e. The molecule has 0 fully saturated rings. The second kappa shape index (κ2) is 3.01. The molecule has 0 saturated heterocycles. The van der Waals surface area contributed by atoms with Gasteiger partial charge in [-0.3, -0.25) is 0 Å². The highest BCUT2D eigenvalue weighted by Crippen LogP contribution is 2.10. The highest BCUT2D eigenvalue weighted by atomic mass is 16.5. The lowest BCUT2D eigenvalue weighted by atomic mass is 10.1. The summed E-state index contributed by atoms with van der Waals surface area (Å²) in [5.74, 6) is 0. The molecule has 10 heavy (non-hydrogen) atoms. The first kappa shape index (κ1) is 7.53. The molecule has 1 aliphatic heterocycles. The highest BCUT2D eigenvalue weighted by Gasteiger charge is 2.27. The van der Waals surface area contributed by atoms with Gasteiger partial charge in [-0.25, -0.2) is 0 Å². The average Bonchev–Trinajstić information content (AvgIpc) is 1.95. The molecule has 1 rings (SSSR count). The van der Waals surface area contributed by atoms with E-state index in [-0.39, 0.29) is 6.61 Å². The maximum atomic E-state index is 9.05. The van der Waals surface area contributed by atoms with Gasteiger partial charge in [-0.2, -0.15) is 0 Å². The Morgan fingerprint density at radius 1 is 1.40 bits per heavy atom. The van der Waals surface area contributed by atoms with E-state index in [0.29, 0.717) is 0 Å². The zero-order valence-corrected chi connectivity index (χ0v) is 5.34. The van der Waals surface area contributed by atoms with Gasteiger partial charge in [0.1, 0.15) is 18.3 Å². The summed E-state index contributed by atoms with van der Waals surface area (Å²) in [6, 6.07) is 0. The smallest absolute Gasteiger partial charge is 0.149 e. The molecule has 0 aliphatic carbocycles. The Labute approximate surface area is 58.4 Å². The number of hydrogen-bond donors (Lipinski definition) is 3. The van der Waals surface area contributed by atoms with E-state index in [0.717, 1.165) is 0 Å². The molecule has 1 aliphatic rings. The van der Waals surface area contributed by atoms with Crippen LogP contribution in [0, 0.1) is 0 Å². The number of aliphatic hydroxyl groups excluding tert-OH is 3. The highest BCUT2D eigenvalue weighted by molar-refractivity contribution is 4.96. The van der Waals surface area contributed by atoms with Crippen molar-refractivity contribution in [3.05, 3.63) is 12.3 Å². The van der Waals surface area contributed by atoms with Crippen LogP contribution in [0.1, 0.15) is 0 Å². The van der Waals surface area contributed by atoms with Crippen LogP contribution in [-0.2, 0) is 4.74 Å². The minimum absolute atomic E-state index is 0.289. The van der Waals surface area contributed by atoms with Crippen LogP contribution in [-0.4, -0.2) is 40.2 Å². The lowest BCUT2D eigenvalue weighted by Crippen LogP contribution is -2.42. The number of hydrogen-bond acceptors (Lipinski definition) is 4. The van der Waals surface area contributed by atoms with Crippen molar-refractivity contribution in [2.75, 3.05) is 6.61 Å². The molecule has 58 valence electrons. The summed E-state index contributed by atoms with van der Waals surface area (Å²) in [5.41, 5.74) is 0. The van der Waals surface area contributed by atoms with Gasteiger partial charge in [0.05, 0.1) is 12.9 Å². The predicted octanol–water partition coefficient (Wildman–Crippen LogP) is -1.39. The van der Waals surface area contributed by atoms with Gasteiger partial charge in [-0.1, -0.05) is 0 Å². The fourth-order valence-electron chi connectivity index (χ4n) is 0.792. The molecular weight excluding hydrogens is 136 g/mol. The lowest BCUT2D eigenvalue weighted by Gasteiger charge is -2.26. The Bertz CT molecular complexity index is 134. The molecule has 0 radical (unpaired) electrons. The summed E-state index contributed by atoms with van der Waals surface area (Å²) < 4.78 is 4.77. The molecule has 0 bridgehead atoms. The molecule has 0 aromatic heterocycles. The van der Waals surface area contributed by atoms with E-state index < -0.39 is 18.3 Å². The molecule has 0 aromatic carbocycles.